The molecule has 0 saturated carbocycles. The van der Waals surface area contributed by atoms with Crippen LogP contribution in [-0.2, 0) is 29.2 Å². The maximum absolute atomic E-state index is 12.7. The molecule has 1 aliphatic heterocycles. The summed E-state index contributed by atoms with van der Waals surface area (Å²) in [4.78, 5) is 27.8. The van der Waals surface area contributed by atoms with E-state index >= 15 is 0 Å². The molecule has 5 rings (SSSR count). The van der Waals surface area contributed by atoms with Crippen molar-refractivity contribution in [1.29, 1.82) is 0 Å². The molecule has 1 unspecified atom stereocenters. The molecule has 0 aliphatic carbocycles. The Bertz CT molecular complexity index is 1480. The largest absolute Gasteiger partial charge is 0.493 e. The van der Waals surface area contributed by atoms with Crippen LogP contribution in [0.2, 0.25) is 0 Å². The number of carbonyl (C=O) groups excluding carboxylic acids is 2. The second-order valence-corrected chi connectivity index (χ2v) is 9.76. The highest BCUT2D eigenvalue weighted by atomic mass is 16.5. The molecule has 4 aromatic rings. The van der Waals surface area contributed by atoms with E-state index in [4.69, 9.17) is 9.47 Å². The van der Waals surface area contributed by atoms with Crippen molar-refractivity contribution in [2.45, 2.75) is 39.0 Å². The van der Waals surface area contributed by atoms with Crippen molar-refractivity contribution < 1.29 is 19.1 Å². The van der Waals surface area contributed by atoms with Gasteiger partial charge in [0, 0.05) is 32.2 Å². The topological polar surface area (TPSA) is 97.7 Å². The highest BCUT2D eigenvalue weighted by Crippen LogP contribution is 2.33. The van der Waals surface area contributed by atoms with E-state index in [0.29, 0.717) is 17.3 Å². The molecule has 0 saturated heterocycles. The number of methoxy groups -OCH3 is 2. The van der Waals surface area contributed by atoms with E-state index < -0.39 is 11.8 Å². The molecule has 9 heteroatoms. The van der Waals surface area contributed by atoms with Gasteiger partial charge in [-0.2, -0.15) is 5.10 Å². The molecule has 1 atom stereocenters. The molecule has 0 fully saturated rings. The van der Waals surface area contributed by atoms with Crippen LogP contribution >= 0.6 is 0 Å². The van der Waals surface area contributed by atoms with Gasteiger partial charge in [0.25, 0.3) is 0 Å². The molecule has 2 amide bonds. The van der Waals surface area contributed by atoms with Gasteiger partial charge in [-0.1, -0.05) is 42.5 Å². The number of hydrogen-bond donors (Lipinski definition) is 2. The fourth-order valence-electron chi connectivity index (χ4n) is 4.95. The summed E-state index contributed by atoms with van der Waals surface area (Å²) in [5.41, 5.74) is 3.13. The SMILES string of the molecule is COc1cc2ccc(C(C)NC(=O)C(=O)Nc3cc4n(n3)CCCN(Cc3ccccc3)C4)cc2cc1OC. The lowest BCUT2D eigenvalue weighted by Crippen LogP contribution is -2.37. The Labute approximate surface area is 227 Å². The number of nitrogens with one attached hydrogen (secondary N) is 2. The van der Waals surface area contributed by atoms with Crippen LogP contribution in [0.25, 0.3) is 10.8 Å². The Morgan fingerprint density at radius 1 is 0.923 bits per heavy atom. The van der Waals surface area contributed by atoms with Crippen molar-refractivity contribution in [3.8, 4) is 11.5 Å². The second-order valence-electron chi connectivity index (χ2n) is 9.76. The lowest BCUT2D eigenvalue weighted by Gasteiger charge is -2.19. The van der Waals surface area contributed by atoms with Gasteiger partial charge in [0.2, 0.25) is 0 Å². The molecule has 1 aliphatic rings. The zero-order valence-corrected chi connectivity index (χ0v) is 22.4. The number of aryl methyl sites for hydroxylation is 1. The first-order valence-corrected chi connectivity index (χ1v) is 13.0. The van der Waals surface area contributed by atoms with E-state index in [2.05, 4.69) is 32.8 Å². The van der Waals surface area contributed by atoms with Gasteiger partial charge in [0.05, 0.1) is 26.0 Å². The fourth-order valence-corrected chi connectivity index (χ4v) is 4.95. The van der Waals surface area contributed by atoms with Gasteiger partial charge in [0.1, 0.15) is 0 Å². The predicted molar refractivity (Wildman–Crippen MR) is 150 cm³/mol. The number of benzene rings is 3. The van der Waals surface area contributed by atoms with Gasteiger partial charge < -0.3 is 20.1 Å². The van der Waals surface area contributed by atoms with Crippen molar-refractivity contribution in [3.63, 3.8) is 0 Å². The summed E-state index contributed by atoms with van der Waals surface area (Å²) >= 11 is 0. The summed E-state index contributed by atoms with van der Waals surface area (Å²) in [5, 5.41) is 11.9. The maximum atomic E-state index is 12.7. The average molecular weight is 528 g/mol. The molecule has 2 N–H and O–H groups in total. The second kappa shape index (κ2) is 11.6. The molecule has 0 bridgehead atoms. The Kier molecular flexibility index (Phi) is 7.79. The standard InChI is InChI=1S/C30H33N5O4/c1-20(22-10-11-23-15-26(38-2)27(39-3)16-24(23)14-22)31-29(36)30(37)32-28-17-25-19-34(12-7-13-35(25)33-28)18-21-8-5-4-6-9-21/h4-6,8-11,14-17,20H,7,12-13,18-19H2,1-3H3,(H,31,36)(H,32,33,37). The van der Waals surface area contributed by atoms with Gasteiger partial charge in [-0.3, -0.25) is 19.2 Å². The number of ether oxygens (including phenoxy) is 2. The summed E-state index contributed by atoms with van der Waals surface area (Å²) in [6.45, 7) is 5.14. The van der Waals surface area contributed by atoms with Gasteiger partial charge in [-0.25, -0.2) is 0 Å². The Morgan fingerprint density at radius 2 is 1.67 bits per heavy atom. The van der Waals surface area contributed by atoms with E-state index in [0.717, 1.165) is 54.6 Å². The highest BCUT2D eigenvalue weighted by molar-refractivity contribution is 6.39. The number of aromatic nitrogens is 2. The first-order valence-electron chi connectivity index (χ1n) is 13.0. The molecule has 3 aromatic carbocycles. The summed E-state index contributed by atoms with van der Waals surface area (Å²) < 4.78 is 12.7. The van der Waals surface area contributed by atoms with Crippen molar-refractivity contribution in [3.05, 3.63) is 83.6 Å². The minimum Gasteiger partial charge on any atom is -0.493 e. The van der Waals surface area contributed by atoms with Crippen molar-refractivity contribution in [2.24, 2.45) is 0 Å². The smallest absolute Gasteiger partial charge is 0.314 e. The number of amides is 2. The third-order valence-electron chi connectivity index (χ3n) is 7.00. The third-order valence-corrected chi connectivity index (χ3v) is 7.00. The number of carbonyl (C=O) groups is 2. The van der Waals surface area contributed by atoms with E-state index in [1.165, 1.54) is 5.56 Å². The molecule has 0 spiro atoms. The minimum absolute atomic E-state index is 0.381. The zero-order valence-electron chi connectivity index (χ0n) is 22.4. The summed E-state index contributed by atoms with van der Waals surface area (Å²) in [6, 6.07) is 21.5. The van der Waals surface area contributed by atoms with E-state index in [-0.39, 0.29) is 6.04 Å². The fraction of sp³-hybridized carbons (Fsp3) is 0.300. The predicted octanol–water partition coefficient (Wildman–Crippen LogP) is 4.28. The molecule has 1 aromatic heterocycles. The number of anilines is 1. The lowest BCUT2D eigenvalue weighted by molar-refractivity contribution is -0.136. The van der Waals surface area contributed by atoms with Gasteiger partial charge in [-0.15, -0.1) is 0 Å². The minimum atomic E-state index is -0.747. The van der Waals surface area contributed by atoms with E-state index in [9.17, 15) is 9.59 Å². The average Bonchev–Trinajstić information content (AvgIpc) is 3.22. The normalized spacial score (nSPS) is 14.2. The number of hydrogen-bond acceptors (Lipinski definition) is 6. The number of nitrogens with zero attached hydrogens (tertiary/aromatic N) is 3. The van der Waals surface area contributed by atoms with Crippen LogP contribution in [0.3, 0.4) is 0 Å². The van der Waals surface area contributed by atoms with Crippen molar-refractivity contribution in [1.82, 2.24) is 20.0 Å². The van der Waals surface area contributed by atoms with Crippen LogP contribution in [-0.4, -0.2) is 47.3 Å². The van der Waals surface area contributed by atoms with Crippen molar-refractivity contribution >= 4 is 28.4 Å². The van der Waals surface area contributed by atoms with Crippen LogP contribution in [0.4, 0.5) is 5.82 Å². The van der Waals surface area contributed by atoms with Crippen LogP contribution in [0, 0.1) is 0 Å². The van der Waals surface area contributed by atoms with Gasteiger partial charge in [0.15, 0.2) is 17.3 Å². The summed E-state index contributed by atoms with van der Waals surface area (Å²) in [5.74, 6) is 0.189. The van der Waals surface area contributed by atoms with Gasteiger partial charge >= 0.3 is 11.8 Å². The monoisotopic (exact) mass is 527 g/mol. The number of rotatable bonds is 7. The number of fused-ring (bicyclic) bond motifs is 2. The first-order chi connectivity index (χ1) is 18.9. The molecule has 9 nitrogen and oxygen atoms in total. The first kappa shape index (κ1) is 26.2. The van der Waals surface area contributed by atoms with E-state index in [1.807, 2.05) is 66.2 Å². The van der Waals surface area contributed by atoms with E-state index in [1.54, 1.807) is 14.2 Å². The lowest BCUT2D eigenvalue weighted by atomic mass is 10.0. The molecule has 39 heavy (non-hydrogen) atoms. The van der Waals surface area contributed by atoms with Crippen LogP contribution in [0.5, 0.6) is 11.5 Å². The third kappa shape index (κ3) is 6.04. The van der Waals surface area contributed by atoms with Crippen LogP contribution in [0.15, 0.2) is 66.7 Å². The molecule has 0 radical (unpaired) electrons. The zero-order chi connectivity index (χ0) is 27.4. The highest BCUT2D eigenvalue weighted by Gasteiger charge is 2.21. The Hall–Kier alpha value is -4.37. The summed E-state index contributed by atoms with van der Waals surface area (Å²) in [7, 11) is 3.19. The Balaban J connectivity index is 1.21. The Morgan fingerprint density at radius 3 is 2.41 bits per heavy atom. The van der Waals surface area contributed by atoms with Crippen LogP contribution < -0.4 is 20.1 Å². The molecular formula is C30H33N5O4. The molecule has 2 heterocycles. The van der Waals surface area contributed by atoms with Gasteiger partial charge in [-0.05, 0) is 53.4 Å². The molecule has 202 valence electrons. The molecular weight excluding hydrogens is 494 g/mol. The van der Waals surface area contributed by atoms with Crippen molar-refractivity contribution in [2.75, 3.05) is 26.1 Å². The maximum Gasteiger partial charge on any atom is 0.314 e. The summed E-state index contributed by atoms with van der Waals surface area (Å²) in [6.07, 6.45) is 0.956. The van der Waals surface area contributed by atoms with Crippen LogP contribution in [0.1, 0.15) is 36.2 Å². The quantitative estimate of drug-likeness (QED) is 0.348.